The number of rotatable bonds is 5. The van der Waals surface area contributed by atoms with E-state index in [9.17, 15) is 10.1 Å². The zero-order chi connectivity index (χ0) is 11.3. The number of nitrogens with two attached hydrogens (primary N) is 1. The van der Waals surface area contributed by atoms with Gasteiger partial charge in [0.25, 0.3) is 5.69 Å². The molecule has 7 heteroatoms. The molecule has 4 N–H and O–H groups in total. The van der Waals surface area contributed by atoms with E-state index in [1.165, 1.54) is 12.1 Å². The van der Waals surface area contributed by atoms with Crippen LogP contribution < -0.4 is 16.6 Å². The normalized spacial score (nSPS) is 9.73. The van der Waals surface area contributed by atoms with Gasteiger partial charge in [-0.1, -0.05) is 6.92 Å². The number of anilines is 2. The molecule has 0 unspecified atom stereocenters. The van der Waals surface area contributed by atoms with E-state index in [4.69, 9.17) is 5.84 Å². The van der Waals surface area contributed by atoms with Crippen LogP contribution in [-0.2, 0) is 0 Å². The van der Waals surface area contributed by atoms with Crippen molar-refractivity contribution in [3.63, 3.8) is 0 Å². The van der Waals surface area contributed by atoms with Gasteiger partial charge in [-0.15, -0.1) is 0 Å². The molecule has 0 saturated heterocycles. The number of hydrogen-bond acceptors (Lipinski definition) is 6. The fourth-order valence-electron chi connectivity index (χ4n) is 1.04. The number of nitrogens with one attached hydrogen (secondary N) is 2. The van der Waals surface area contributed by atoms with E-state index >= 15 is 0 Å². The van der Waals surface area contributed by atoms with E-state index < -0.39 is 4.92 Å². The molecule has 1 rings (SSSR count). The molecule has 1 aromatic rings. The smallest absolute Gasteiger partial charge is 0.276 e. The van der Waals surface area contributed by atoms with Gasteiger partial charge in [0.1, 0.15) is 11.6 Å². The molecule has 0 saturated carbocycles. The number of nitrogens with zero attached hydrogens (tertiary/aromatic N) is 2. The van der Waals surface area contributed by atoms with Crippen LogP contribution in [-0.4, -0.2) is 16.5 Å². The Morgan fingerprint density at radius 1 is 1.53 bits per heavy atom. The third kappa shape index (κ3) is 3.06. The quantitative estimate of drug-likeness (QED) is 0.382. The standard InChI is InChI=1S/C8H13N5O2/c1-2-3-10-7-4-6(13(14)15)5-8(11-7)12-9/h4-5H,2-3,9H2,1H3,(H2,10,11,12). The molecule has 0 bridgehead atoms. The molecule has 0 atom stereocenters. The Labute approximate surface area is 86.8 Å². The van der Waals surface area contributed by atoms with E-state index in [2.05, 4.69) is 15.7 Å². The maximum Gasteiger partial charge on any atom is 0.276 e. The number of aromatic nitrogens is 1. The van der Waals surface area contributed by atoms with Gasteiger partial charge in [-0.25, -0.2) is 10.8 Å². The highest BCUT2D eigenvalue weighted by atomic mass is 16.6. The van der Waals surface area contributed by atoms with Gasteiger partial charge in [0.2, 0.25) is 0 Å². The molecule has 0 aliphatic heterocycles. The van der Waals surface area contributed by atoms with Crippen LogP contribution in [0.2, 0.25) is 0 Å². The molecule has 0 aromatic carbocycles. The summed E-state index contributed by atoms with van der Waals surface area (Å²) in [7, 11) is 0. The van der Waals surface area contributed by atoms with Crippen LogP contribution in [0.25, 0.3) is 0 Å². The van der Waals surface area contributed by atoms with Crippen molar-refractivity contribution in [2.24, 2.45) is 5.84 Å². The number of hydrogen-bond donors (Lipinski definition) is 3. The topological polar surface area (TPSA) is 106 Å². The Bertz CT molecular complexity index is 355. The summed E-state index contributed by atoms with van der Waals surface area (Å²) in [6.45, 7) is 2.70. The van der Waals surface area contributed by atoms with Crippen molar-refractivity contribution in [2.45, 2.75) is 13.3 Å². The monoisotopic (exact) mass is 211 g/mol. The predicted molar refractivity (Wildman–Crippen MR) is 57.5 cm³/mol. The van der Waals surface area contributed by atoms with Crippen molar-refractivity contribution in [2.75, 3.05) is 17.3 Å². The molecule has 0 amide bonds. The zero-order valence-corrected chi connectivity index (χ0v) is 8.36. The summed E-state index contributed by atoms with van der Waals surface area (Å²) in [6.07, 6.45) is 0.912. The zero-order valence-electron chi connectivity index (χ0n) is 8.36. The molecule has 0 spiro atoms. The van der Waals surface area contributed by atoms with Crippen molar-refractivity contribution in [1.82, 2.24) is 4.98 Å². The van der Waals surface area contributed by atoms with Crippen LogP contribution in [0.4, 0.5) is 17.3 Å². The van der Waals surface area contributed by atoms with Gasteiger partial charge in [-0.2, -0.15) is 0 Å². The van der Waals surface area contributed by atoms with Crippen molar-refractivity contribution in [3.05, 3.63) is 22.2 Å². The molecular formula is C8H13N5O2. The van der Waals surface area contributed by atoms with Gasteiger partial charge in [-0.3, -0.25) is 10.1 Å². The average molecular weight is 211 g/mol. The van der Waals surface area contributed by atoms with Crippen molar-refractivity contribution < 1.29 is 4.92 Å². The summed E-state index contributed by atoms with van der Waals surface area (Å²) in [6, 6.07) is 2.65. The van der Waals surface area contributed by atoms with Crippen LogP contribution in [0.3, 0.4) is 0 Å². The number of nitrogen functional groups attached to an aromatic ring is 1. The lowest BCUT2D eigenvalue weighted by atomic mass is 10.3. The lowest BCUT2D eigenvalue weighted by Gasteiger charge is -2.05. The van der Waals surface area contributed by atoms with Gasteiger partial charge < -0.3 is 10.7 Å². The molecule has 0 radical (unpaired) electrons. The first-order chi connectivity index (χ1) is 7.17. The first kappa shape index (κ1) is 11.2. The second-order valence-electron chi connectivity index (χ2n) is 2.92. The van der Waals surface area contributed by atoms with Gasteiger partial charge in [0.05, 0.1) is 17.1 Å². The molecule has 0 aliphatic carbocycles. The highest BCUT2D eigenvalue weighted by Crippen LogP contribution is 2.19. The van der Waals surface area contributed by atoms with E-state index in [1.807, 2.05) is 6.92 Å². The lowest BCUT2D eigenvalue weighted by Crippen LogP contribution is -2.11. The molecule has 0 aliphatic rings. The second-order valence-corrected chi connectivity index (χ2v) is 2.92. The van der Waals surface area contributed by atoms with Gasteiger partial charge in [0.15, 0.2) is 0 Å². The first-order valence-electron chi connectivity index (χ1n) is 4.54. The Morgan fingerprint density at radius 2 is 2.20 bits per heavy atom. The summed E-state index contributed by atoms with van der Waals surface area (Å²) in [5, 5.41) is 13.5. The minimum absolute atomic E-state index is 0.0449. The third-order valence-corrected chi connectivity index (χ3v) is 1.72. The molecule has 7 nitrogen and oxygen atoms in total. The summed E-state index contributed by atoms with van der Waals surface area (Å²) in [5.74, 6) is 5.86. The van der Waals surface area contributed by atoms with E-state index in [0.29, 0.717) is 12.4 Å². The maximum atomic E-state index is 10.6. The number of nitro groups is 1. The third-order valence-electron chi connectivity index (χ3n) is 1.72. The van der Waals surface area contributed by atoms with E-state index in [0.717, 1.165) is 6.42 Å². The number of pyridine rings is 1. The van der Waals surface area contributed by atoms with Crippen molar-refractivity contribution >= 4 is 17.3 Å². The van der Waals surface area contributed by atoms with Crippen LogP contribution in [0.5, 0.6) is 0 Å². The lowest BCUT2D eigenvalue weighted by molar-refractivity contribution is -0.384. The predicted octanol–water partition coefficient (Wildman–Crippen LogP) is 1.10. The minimum Gasteiger partial charge on any atom is -0.370 e. The molecular weight excluding hydrogens is 198 g/mol. The van der Waals surface area contributed by atoms with Crippen molar-refractivity contribution in [3.8, 4) is 0 Å². The molecule has 1 heterocycles. The second kappa shape index (κ2) is 5.11. The van der Waals surface area contributed by atoms with Gasteiger partial charge in [0, 0.05) is 6.54 Å². The van der Waals surface area contributed by atoms with Crippen LogP contribution in [0.1, 0.15) is 13.3 Å². The van der Waals surface area contributed by atoms with Crippen LogP contribution in [0.15, 0.2) is 12.1 Å². The average Bonchev–Trinajstić information content (AvgIpc) is 2.25. The number of hydrazine groups is 1. The Kier molecular flexibility index (Phi) is 3.81. The Hall–Kier alpha value is -1.89. The highest BCUT2D eigenvalue weighted by Gasteiger charge is 2.10. The Balaban J connectivity index is 2.95. The van der Waals surface area contributed by atoms with Crippen LogP contribution in [0, 0.1) is 10.1 Å². The Morgan fingerprint density at radius 3 is 2.73 bits per heavy atom. The summed E-state index contributed by atoms with van der Waals surface area (Å²) >= 11 is 0. The van der Waals surface area contributed by atoms with Gasteiger partial charge >= 0.3 is 0 Å². The molecule has 1 aromatic heterocycles. The fourth-order valence-corrected chi connectivity index (χ4v) is 1.04. The summed E-state index contributed by atoms with van der Waals surface area (Å²) < 4.78 is 0. The highest BCUT2D eigenvalue weighted by molar-refractivity contribution is 5.54. The molecule has 0 fully saturated rings. The van der Waals surface area contributed by atoms with E-state index in [1.54, 1.807) is 0 Å². The SMILES string of the molecule is CCCNc1cc([N+](=O)[O-])cc(NN)n1. The van der Waals surface area contributed by atoms with Crippen molar-refractivity contribution in [1.29, 1.82) is 0 Å². The first-order valence-corrected chi connectivity index (χ1v) is 4.54. The van der Waals surface area contributed by atoms with E-state index in [-0.39, 0.29) is 11.5 Å². The van der Waals surface area contributed by atoms with Gasteiger partial charge in [-0.05, 0) is 6.42 Å². The largest absolute Gasteiger partial charge is 0.370 e. The molecule has 15 heavy (non-hydrogen) atoms. The van der Waals surface area contributed by atoms with Crippen LogP contribution >= 0.6 is 0 Å². The fraction of sp³-hybridized carbons (Fsp3) is 0.375. The summed E-state index contributed by atoms with van der Waals surface area (Å²) in [4.78, 5) is 14.1. The summed E-state index contributed by atoms with van der Waals surface area (Å²) in [5.41, 5.74) is 2.24. The maximum absolute atomic E-state index is 10.6. The minimum atomic E-state index is -0.486. The molecule has 82 valence electrons.